The minimum absolute atomic E-state index is 0.204. The SMILES string of the molecule is C[Si](F)(F)C1CCCCCC1. The Hall–Kier alpha value is 0.0769. The number of halogens is 2. The molecule has 0 unspecified atom stereocenters. The summed E-state index contributed by atoms with van der Waals surface area (Å²) < 4.78 is 25.9. The predicted molar refractivity (Wildman–Crippen MR) is 45.3 cm³/mol. The molecule has 0 nitrogen and oxygen atoms in total. The first-order valence-electron chi connectivity index (χ1n) is 4.48. The first-order chi connectivity index (χ1) is 5.11. The third kappa shape index (κ3) is 2.89. The van der Waals surface area contributed by atoms with Crippen LogP contribution in [0.4, 0.5) is 8.22 Å². The predicted octanol–water partition coefficient (Wildman–Crippen LogP) is 3.72. The Morgan fingerprint density at radius 2 is 1.45 bits per heavy atom. The second-order valence-electron chi connectivity index (χ2n) is 3.64. The van der Waals surface area contributed by atoms with Gasteiger partial charge in [0.2, 0.25) is 0 Å². The highest BCUT2D eigenvalue weighted by molar-refractivity contribution is 6.66. The molecule has 1 rings (SSSR count). The highest BCUT2D eigenvalue weighted by Crippen LogP contribution is 2.36. The zero-order chi connectivity index (χ0) is 8.32. The lowest BCUT2D eigenvalue weighted by Gasteiger charge is -2.18. The second-order valence-corrected chi connectivity index (χ2v) is 6.37. The smallest absolute Gasteiger partial charge is 0.270 e. The summed E-state index contributed by atoms with van der Waals surface area (Å²) in [4.78, 5) is 0. The molecule has 0 aromatic carbocycles. The van der Waals surface area contributed by atoms with E-state index in [0.29, 0.717) is 0 Å². The lowest BCUT2D eigenvalue weighted by molar-refractivity contribution is 0.520. The Kier molecular flexibility index (Phi) is 3.04. The van der Waals surface area contributed by atoms with Gasteiger partial charge < -0.3 is 0 Å². The van der Waals surface area contributed by atoms with Crippen LogP contribution in [0, 0.1) is 0 Å². The average molecular weight is 178 g/mol. The molecule has 0 aromatic rings. The van der Waals surface area contributed by atoms with Crippen molar-refractivity contribution >= 4 is 8.74 Å². The fraction of sp³-hybridized carbons (Fsp3) is 1.00. The number of hydrogen-bond donors (Lipinski definition) is 0. The minimum Gasteiger partial charge on any atom is -0.270 e. The monoisotopic (exact) mass is 178 g/mol. The van der Waals surface area contributed by atoms with E-state index in [2.05, 4.69) is 0 Å². The van der Waals surface area contributed by atoms with E-state index in [1.165, 1.54) is 19.4 Å². The lowest BCUT2D eigenvalue weighted by atomic mass is 10.2. The second kappa shape index (κ2) is 3.65. The van der Waals surface area contributed by atoms with Crippen molar-refractivity contribution in [3.8, 4) is 0 Å². The van der Waals surface area contributed by atoms with Crippen molar-refractivity contribution < 1.29 is 8.22 Å². The first kappa shape index (κ1) is 9.17. The van der Waals surface area contributed by atoms with Gasteiger partial charge in [0.25, 0.3) is 0 Å². The summed E-state index contributed by atoms with van der Waals surface area (Å²) in [6, 6.07) is 0. The Morgan fingerprint density at radius 1 is 1.00 bits per heavy atom. The van der Waals surface area contributed by atoms with Crippen LogP contribution in [0.2, 0.25) is 12.1 Å². The molecule has 0 amide bonds. The van der Waals surface area contributed by atoms with E-state index in [1.54, 1.807) is 0 Å². The summed E-state index contributed by atoms with van der Waals surface area (Å²) in [5.41, 5.74) is -0.204. The molecule has 1 saturated carbocycles. The van der Waals surface area contributed by atoms with Gasteiger partial charge in [-0.25, -0.2) is 0 Å². The Morgan fingerprint density at radius 3 is 1.82 bits per heavy atom. The zero-order valence-electron chi connectivity index (χ0n) is 7.08. The van der Waals surface area contributed by atoms with E-state index in [4.69, 9.17) is 0 Å². The third-order valence-corrected chi connectivity index (χ3v) is 4.58. The largest absolute Gasteiger partial charge is 0.425 e. The van der Waals surface area contributed by atoms with E-state index < -0.39 is 8.74 Å². The van der Waals surface area contributed by atoms with E-state index in [0.717, 1.165) is 25.7 Å². The molecule has 0 atom stereocenters. The third-order valence-electron chi connectivity index (χ3n) is 2.57. The zero-order valence-corrected chi connectivity index (χ0v) is 8.08. The maximum Gasteiger partial charge on any atom is 0.425 e. The molecule has 0 aromatic heterocycles. The van der Waals surface area contributed by atoms with Crippen molar-refractivity contribution in [3.63, 3.8) is 0 Å². The summed E-state index contributed by atoms with van der Waals surface area (Å²) in [5.74, 6) is 0. The quantitative estimate of drug-likeness (QED) is 0.326. The van der Waals surface area contributed by atoms with Crippen molar-refractivity contribution in [2.75, 3.05) is 0 Å². The first-order valence-corrected chi connectivity index (χ1v) is 6.82. The summed E-state index contributed by atoms with van der Waals surface area (Å²) in [6.45, 7) is 1.20. The van der Waals surface area contributed by atoms with Gasteiger partial charge in [0, 0.05) is 5.54 Å². The maximum atomic E-state index is 12.9. The highest BCUT2D eigenvalue weighted by atomic mass is 28.4. The number of hydrogen-bond acceptors (Lipinski definition) is 0. The van der Waals surface area contributed by atoms with Gasteiger partial charge in [-0.3, -0.25) is 8.22 Å². The lowest BCUT2D eigenvalue weighted by Crippen LogP contribution is -2.24. The summed E-state index contributed by atoms with van der Waals surface area (Å²) in [5, 5.41) is 0. The summed E-state index contributed by atoms with van der Waals surface area (Å²) in [6.07, 6.45) is 5.97. The maximum absolute atomic E-state index is 12.9. The molecule has 1 aliphatic carbocycles. The van der Waals surface area contributed by atoms with Gasteiger partial charge in [-0.2, -0.15) is 0 Å². The molecule has 0 spiro atoms. The van der Waals surface area contributed by atoms with Gasteiger partial charge in [0.1, 0.15) is 0 Å². The van der Waals surface area contributed by atoms with E-state index in [1.807, 2.05) is 0 Å². The van der Waals surface area contributed by atoms with Crippen LogP contribution in [0.1, 0.15) is 38.5 Å². The summed E-state index contributed by atoms with van der Waals surface area (Å²) in [7, 11) is -3.79. The minimum atomic E-state index is -3.79. The topological polar surface area (TPSA) is 0 Å². The van der Waals surface area contributed by atoms with E-state index in [9.17, 15) is 8.22 Å². The molecule has 1 aliphatic rings. The van der Waals surface area contributed by atoms with Gasteiger partial charge in [-0.05, 0) is 19.4 Å². The van der Waals surface area contributed by atoms with E-state index >= 15 is 0 Å². The molecule has 0 bridgehead atoms. The average Bonchev–Trinajstić information content (AvgIpc) is 2.10. The molecule has 0 radical (unpaired) electrons. The van der Waals surface area contributed by atoms with Gasteiger partial charge >= 0.3 is 8.74 Å². The molecular formula is C8H16F2Si. The molecular weight excluding hydrogens is 162 g/mol. The Bertz CT molecular complexity index is 112. The van der Waals surface area contributed by atoms with Crippen molar-refractivity contribution in [3.05, 3.63) is 0 Å². The normalized spacial score (nSPS) is 23.2. The molecule has 0 N–H and O–H groups in total. The van der Waals surface area contributed by atoms with Crippen LogP contribution in [0.25, 0.3) is 0 Å². The Balaban J connectivity index is 2.43. The molecule has 0 aliphatic heterocycles. The van der Waals surface area contributed by atoms with E-state index in [-0.39, 0.29) is 5.54 Å². The molecule has 11 heavy (non-hydrogen) atoms. The van der Waals surface area contributed by atoms with Crippen LogP contribution in [0.15, 0.2) is 0 Å². The van der Waals surface area contributed by atoms with Gasteiger partial charge in [0.05, 0.1) is 0 Å². The van der Waals surface area contributed by atoms with Crippen molar-refractivity contribution in [1.82, 2.24) is 0 Å². The van der Waals surface area contributed by atoms with Crippen molar-refractivity contribution in [2.45, 2.75) is 50.6 Å². The Labute approximate surface area is 68.3 Å². The number of rotatable bonds is 1. The van der Waals surface area contributed by atoms with Crippen LogP contribution >= 0.6 is 0 Å². The molecule has 3 heteroatoms. The fourth-order valence-electron chi connectivity index (χ4n) is 1.79. The van der Waals surface area contributed by atoms with Crippen LogP contribution in [-0.2, 0) is 0 Å². The highest BCUT2D eigenvalue weighted by Gasteiger charge is 2.38. The van der Waals surface area contributed by atoms with Crippen LogP contribution in [0.5, 0.6) is 0 Å². The van der Waals surface area contributed by atoms with Crippen LogP contribution in [0.3, 0.4) is 0 Å². The summed E-state index contributed by atoms with van der Waals surface area (Å²) >= 11 is 0. The van der Waals surface area contributed by atoms with Gasteiger partial charge in [-0.1, -0.05) is 25.7 Å². The fourth-order valence-corrected chi connectivity index (χ4v) is 3.21. The standard InChI is InChI=1S/C8H16F2Si/c1-11(9,10)8-6-4-2-3-5-7-8/h8H,2-7H2,1H3. The van der Waals surface area contributed by atoms with Crippen molar-refractivity contribution in [2.24, 2.45) is 0 Å². The molecule has 1 fully saturated rings. The van der Waals surface area contributed by atoms with Crippen LogP contribution < -0.4 is 0 Å². The van der Waals surface area contributed by atoms with Crippen LogP contribution in [-0.4, -0.2) is 8.74 Å². The van der Waals surface area contributed by atoms with Gasteiger partial charge in [0.15, 0.2) is 0 Å². The molecule has 0 heterocycles. The molecule has 66 valence electrons. The molecule has 0 saturated heterocycles. The van der Waals surface area contributed by atoms with Crippen molar-refractivity contribution in [1.29, 1.82) is 0 Å². The van der Waals surface area contributed by atoms with Gasteiger partial charge in [-0.15, -0.1) is 0 Å².